The molecule has 2 amide bonds. The van der Waals surface area contributed by atoms with Crippen molar-refractivity contribution in [2.24, 2.45) is 16.8 Å². The molecule has 0 aromatic heterocycles. The van der Waals surface area contributed by atoms with E-state index >= 15 is 0 Å². The number of rotatable bonds is 9. The van der Waals surface area contributed by atoms with Gasteiger partial charge in [-0.15, -0.1) is 0 Å². The fourth-order valence-corrected chi connectivity index (χ4v) is 6.07. The van der Waals surface area contributed by atoms with Crippen molar-refractivity contribution < 1.29 is 19.1 Å². The minimum absolute atomic E-state index is 0.0220. The van der Waals surface area contributed by atoms with Gasteiger partial charge in [-0.1, -0.05) is 30.8 Å². The van der Waals surface area contributed by atoms with Crippen molar-refractivity contribution in [1.82, 2.24) is 10.3 Å². The summed E-state index contributed by atoms with van der Waals surface area (Å²) in [7, 11) is 1.65. The third kappa shape index (κ3) is 6.50. The molecule has 0 spiro atoms. The quantitative estimate of drug-likeness (QED) is 0.485. The Labute approximate surface area is 234 Å². The molecule has 5 rings (SSSR count). The summed E-state index contributed by atoms with van der Waals surface area (Å²) in [6, 6.07) is 14.1. The Kier molecular flexibility index (Phi) is 8.62. The number of carbonyl (C=O) groups is 2. The molecule has 2 heterocycles. The average molecular weight is 552 g/mol. The number of hydrogen-bond acceptors (Lipinski definition) is 8. The van der Waals surface area contributed by atoms with Gasteiger partial charge in [0.05, 0.1) is 31.4 Å². The number of piperazine rings is 1. The summed E-state index contributed by atoms with van der Waals surface area (Å²) in [4.78, 5) is 26.6. The van der Waals surface area contributed by atoms with E-state index in [0.29, 0.717) is 24.6 Å². The summed E-state index contributed by atoms with van der Waals surface area (Å²) in [5.74, 6) is 1.42. The summed E-state index contributed by atoms with van der Waals surface area (Å²) >= 11 is 1.26. The van der Waals surface area contributed by atoms with Crippen LogP contribution in [0.5, 0.6) is 11.5 Å². The maximum atomic E-state index is 12.7. The van der Waals surface area contributed by atoms with E-state index in [-0.39, 0.29) is 29.2 Å². The minimum Gasteiger partial charge on any atom is -0.493 e. The summed E-state index contributed by atoms with van der Waals surface area (Å²) in [5.41, 5.74) is 9.37. The van der Waals surface area contributed by atoms with Crippen LogP contribution in [0.3, 0.4) is 0 Å². The van der Waals surface area contributed by atoms with Crippen molar-refractivity contribution in [2.45, 2.75) is 51.3 Å². The maximum absolute atomic E-state index is 12.7. The molecule has 9 nitrogen and oxygen atoms in total. The van der Waals surface area contributed by atoms with Crippen LogP contribution in [0, 0.1) is 5.92 Å². The molecule has 1 saturated heterocycles. The van der Waals surface area contributed by atoms with Gasteiger partial charge in [-0.3, -0.25) is 9.59 Å². The number of amides is 2. The fraction of sp³-hybridized carbons (Fsp3) is 0.483. The summed E-state index contributed by atoms with van der Waals surface area (Å²) in [6.07, 6.45) is 4.73. The third-order valence-corrected chi connectivity index (χ3v) is 8.64. The number of hydrazone groups is 1. The first-order chi connectivity index (χ1) is 18.9. The Morgan fingerprint density at radius 3 is 2.67 bits per heavy atom. The van der Waals surface area contributed by atoms with Crippen LogP contribution in [0.1, 0.15) is 43.7 Å². The van der Waals surface area contributed by atoms with E-state index in [1.54, 1.807) is 7.11 Å². The zero-order valence-electron chi connectivity index (χ0n) is 22.6. The van der Waals surface area contributed by atoms with E-state index in [1.165, 1.54) is 29.6 Å². The molecule has 1 aliphatic carbocycles. The molecule has 10 heteroatoms. The number of methoxy groups -OCH3 is 1. The topological polar surface area (TPSA) is 109 Å². The van der Waals surface area contributed by atoms with Crippen molar-refractivity contribution in [1.29, 1.82) is 0 Å². The van der Waals surface area contributed by atoms with Gasteiger partial charge in [-0.25, -0.2) is 5.01 Å². The van der Waals surface area contributed by atoms with Gasteiger partial charge < -0.3 is 25.4 Å². The van der Waals surface area contributed by atoms with Gasteiger partial charge in [-0.2, -0.15) is 5.10 Å². The first kappa shape index (κ1) is 27.3. The van der Waals surface area contributed by atoms with Crippen LogP contribution in [0.2, 0.25) is 0 Å². The minimum atomic E-state index is -0.291. The Balaban J connectivity index is 1.27. The molecule has 0 radical (unpaired) electrons. The van der Waals surface area contributed by atoms with E-state index in [1.807, 2.05) is 37.3 Å². The first-order valence-corrected chi connectivity index (χ1v) is 14.6. The summed E-state index contributed by atoms with van der Waals surface area (Å²) < 4.78 is 11.8. The van der Waals surface area contributed by atoms with E-state index in [2.05, 4.69) is 22.3 Å². The number of primary amides is 1. The van der Waals surface area contributed by atoms with Gasteiger partial charge in [-0.05, 0) is 61.6 Å². The van der Waals surface area contributed by atoms with Crippen LogP contribution < -0.4 is 25.4 Å². The molecule has 2 aromatic rings. The van der Waals surface area contributed by atoms with E-state index in [0.717, 1.165) is 54.2 Å². The van der Waals surface area contributed by atoms with Gasteiger partial charge in [0, 0.05) is 42.7 Å². The van der Waals surface area contributed by atoms with Crippen molar-refractivity contribution in [3.05, 3.63) is 53.6 Å². The molecule has 3 N–H and O–H groups in total. The van der Waals surface area contributed by atoms with Crippen molar-refractivity contribution >= 4 is 34.3 Å². The number of carbonyl (C=O) groups excluding carboxylic acids is 2. The van der Waals surface area contributed by atoms with Gasteiger partial charge in [0.2, 0.25) is 5.91 Å². The number of nitrogens with zero attached hydrogens (tertiary/aromatic N) is 3. The maximum Gasteiger partial charge on any atom is 0.302 e. The zero-order valence-corrected chi connectivity index (χ0v) is 23.4. The Hall–Kier alpha value is -3.24. The average Bonchev–Trinajstić information content (AvgIpc) is 3.47. The SMILES string of the molecule is COc1ccc(C2=NN(Cc3ccc(N4CCNC(C(C)C(N)=O)C4)cc3)C(=O)SC2)cc1OC1CCCC1. The van der Waals surface area contributed by atoms with E-state index in [4.69, 9.17) is 20.3 Å². The van der Waals surface area contributed by atoms with Gasteiger partial charge in [0.15, 0.2) is 11.5 Å². The number of nitrogens with one attached hydrogen (secondary N) is 1. The summed E-state index contributed by atoms with van der Waals surface area (Å²) in [6.45, 7) is 4.61. The lowest BCUT2D eigenvalue weighted by Crippen LogP contribution is -2.55. The summed E-state index contributed by atoms with van der Waals surface area (Å²) in [5, 5.41) is 9.60. The molecule has 3 aliphatic rings. The van der Waals surface area contributed by atoms with Crippen LogP contribution in [-0.4, -0.2) is 66.5 Å². The highest BCUT2D eigenvalue weighted by molar-refractivity contribution is 8.14. The van der Waals surface area contributed by atoms with Crippen molar-refractivity contribution in [2.75, 3.05) is 37.4 Å². The number of hydrogen-bond donors (Lipinski definition) is 2. The number of anilines is 1. The number of nitrogens with two attached hydrogens (primary N) is 1. The highest BCUT2D eigenvalue weighted by Gasteiger charge is 2.28. The molecule has 208 valence electrons. The van der Waals surface area contributed by atoms with Crippen LogP contribution in [0.4, 0.5) is 10.5 Å². The first-order valence-electron chi connectivity index (χ1n) is 13.6. The molecule has 2 unspecified atom stereocenters. The molecule has 1 saturated carbocycles. The highest BCUT2D eigenvalue weighted by atomic mass is 32.2. The predicted molar refractivity (Wildman–Crippen MR) is 155 cm³/mol. The van der Waals surface area contributed by atoms with Crippen LogP contribution >= 0.6 is 11.8 Å². The van der Waals surface area contributed by atoms with Crippen molar-refractivity contribution in [3.8, 4) is 11.5 Å². The number of ether oxygens (including phenoxy) is 2. The number of benzene rings is 2. The second-order valence-corrected chi connectivity index (χ2v) is 11.3. The second-order valence-electron chi connectivity index (χ2n) is 10.4. The number of thioether (sulfide) groups is 1. The van der Waals surface area contributed by atoms with Crippen LogP contribution in [-0.2, 0) is 11.3 Å². The largest absolute Gasteiger partial charge is 0.493 e. The monoisotopic (exact) mass is 551 g/mol. The van der Waals surface area contributed by atoms with Gasteiger partial charge in [0.1, 0.15) is 0 Å². The zero-order chi connectivity index (χ0) is 27.4. The highest BCUT2D eigenvalue weighted by Crippen LogP contribution is 2.34. The molecule has 2 fully saturated rings. The Bertz CT molecular complexity index is 1210. The fourth-order valence-electron chi connectivity index (χ4n) is 5.33. The van der Waals surface area contributed by atoms with Crippen molar-refractivity contribution in [3.63, 3.8) is 0 Å². The Morgan fingerprint density at radius 2 is 1.95 bits per heavy atom. The molecule has 39 heavy (non-hydrogen) atoms. The van der Waals surface area contributed by atoms with Crippen LogP contribution in [0.25, 0.3) is 0 Å². The molecular weight excluding hydrogens is 514 g/mol. The molecule has 0 bridgehead atoms. The molecule has 2 aliphatic heterocycles. The van der Waals surface area contributed by atoms with Gasteiger partial charge in [0.25, 0.3) is 0 Å². The lowest BCUT2D eigenvalue weighted by Gasteiger charge is -2.37. The smallest absolute Gasteiger partial charge is 0.302 e. The van der Waals surface area contributed by atoms with E-state index in [9.17, 15) is 9.59 Å². The molecule has 2 aromatic carbocycles. The lowest BCUT2D eigenvalue weighted by atomic mass is 9.98. The third-order valence-electron chi connectivity index (χ3n) is 7.77. The standard InChI is InChI=1S/C29H37N5O4S/c1-19(28(30)35)24-17-33(14-13-31-24)22-10-7-20(8-11-22)16-34-29(36)39-18-25(32-34)21-9-12-26(37-2)27(15-21)38-23-5-3-4-6-23/h7-12,15,19,23-24,31H,3-6,13-14,16-18H2,1-2H3,(H2,30,35). The van der Waals surface area contributed by atoms with Crippen LogP contribution in [0.15, 0.2) is 47.6 Å². The second kappa shape index (κ2) is 12.3. The Morgan fingerprint density at radius 1 is 1.18 bits per heavy atom. The molecular formula is C29H37N5O4S. The predicted octanol–water partition coefficient (Wildman–Crippen LogP) is 3.99. The van der Waals surface area contributed by atoms with Gasteiger partial charge >= 0.3 is 5.24 Å². The normalized spacial score (nSPS) is 21.0. The van der Waals surface area contributed by atoms with E-state index < -0.39 is 0 Å². The molecule has 2 atom stereocenters. The lowest BCUT2D eigenvalue weighted by molar-refractivity contribution is -0.122.